The van der Waals surface area contributed by atoms with Crippen molar-refractivity contribution in [1.82, 2.24) is 0 Å². The zero-order chi connectivity index (χ0) is 10.3. The number of hydrogen-bond donors (Lipinski definition) is 2. The second kappa shape index (κ2) is 6.16. The molecule has 72 valence electrons. The minimum atomic E-state index is -0.449. The van der Waals surface area contributed by atoms with Crippen molar-refractivity contribution in [3.63, 3.8) is 0 Å². The summed E-state index contributed by atoms with van der Waals surface area (Å²) in [7, 11) is 1.30. The highest BCUT2D eigenvalue weighted by atomic mass is 16.5. The van der Waals surface area contributed by atoms with Gasteiger partial charge in [0.25, 0.3) is 0 Å². The molecule has 0 aromatic carbocycles. The Morgan fingerprint density at radius 1 is 1.62 bits per heavy atom. The first kappa shape index (κ1) is 11.6. The van der Waals surface area contributed by atoms with Crippen LogP contribution >= 0.6 is 0 Å². The molecule has 0 fully saturated rings. The van der Waals surface area contributed by atoms with Crippen LogP contribution < -0.4 is 5.48 Å². The van der Waals surface area contributed by atoms with Gasteiger partial charge in [-0.3, -0.25) is 0 Å². The van der Waals surface area contributed by atoms with E-state index < -0.39 is 5.97 Å². The smallest absolute Gasteiger partial charge is 0.337 e. The molecule has 0 rings (SSSR count). The zero-order valence-corrected chi connectivity index (χ0v) is 7.78. The van der Waals surface area contributed by atoms with Crippen molar-refractivity contribution in [3.05, 3.63) is 36.1 Å². The Balaban J connectivity index is 4.33. The summed E-state index contributed by atoms with van der Waals surface area (Å²) in [5, 5.41) is 8.32. The fourth-order valence-corrected chi connectivity index (χ4v) is 0.634. The summed E-state index contributed by atoms with van der Waals surface area (Å²) in [6.45, 7) is 5.29. The molecule has 0 aliphatic heterocycles. The summed E-state index contributed by atoms with van der Waals surface area (Å²) < 4.78 is 4.48. The highest BCUT2D eigenvalue weighted by molar-refractivity contribution is 5.92. The lowest BCUT2D eigenvalue weighted by Crippen LogP contribution is -2.73. The summed E-state index contributed by atoms with van der Waals surface area (Å²) >= 11 is 0. The number of carbonyl (C=O) groups excluding carboxylic acids is 1. The summed E-state index contributed by atoms with van der Waals surface area (Å²) in [4.78, 5) is 10.9. The molecule has 0 aliphatic rings. The van der Waals surface area contributed by atoms with Crippen LogP contribution in [0.25, 0.3) is 0 Å². The average molecular weight is 184 g/mol. The van der Waals surface area contributed by atoms with Crippen LogP contribution in [-0.4, -0.2) is 18.3 Å². The van der Waals surface area contributed by atoms with Gasteiger partial charge < -0.3 is 4.74 Å². The lowest BCUT2D eigenvalue weighted by atomic mass is 10.1. The van der Waals surface area contributed by atoms with Crippen molar-refractivity contribution in [1.29, 1.82) is 0 Å². The molecule has 0 spiro atoms. The van der Waals surface area contributed by atoms with Crippen LogP contribution in [0.1, 0.15) is 6.92 Å². The second-order valence-corrected chi connectivity index (χ2v) is 2.35. The van der Waals surface area contributed by atoms with Gasteiger partial charge in [0.05, 0.1) is 12.7 Å². The number of allylic oxidation sites excluding steroid dienone is 2. The normalized spacial score (nSPS) is 11.8. The predicted octanol–water partition coefficient (Wildman–Crippen LogP) is 0.128. The maximum atomic E-state index is 10.9. The molecule has 3 N–H and O–H groups in total. The Hall–Kier alpha value is -1.39. The standard InChI is InChI=1S/C9H13NO3/c1-7(5-4-6-10-12)8(2)9(11)13-3/h4-6,10,12H,2H2,1,3H3/p+1/b6-4-,7-5-. The molecule has 0 saturated carbocycles. The molecular weight excluding hydrogens is 170 g/mol. The fourth-order valence-electron chi connectivity index (χ4n) is 0.634. The lowest BCUT2D eigenvalue weighted by Gasteiger charge is -2.01. The van der Waals surface area contributed by atoms with E-state index in [4.69, 9.17) is 5.21 Å². The summed E-state index contributed by atoms with van der Waals surface area (Å²) in [6.07, 6.45) is 4.70. The van der Waals surface area contributed by atoms with E-state index in [0.29, 0.717) is 11.1 Å². The molecule has 0 amide bonds. The van der Waals surface area contributed by atoms with E-state index in [1.165, 1.54) is 13.3 Å². The topological polar surface area (TPSA) is 63.1 Å². The van der Waals surface area contributed by atoms with Crippen molar-refractivity contribution >= 4 is 5.97 Å². The number of esters is 1. The molecule has 0 atom stereocenters. The highest BCUT2D eigenvalue weighted by Crippen LogP contribution is 2.07. The third-order valence-electron chi connectivity index (χ3n) is 1.45. The molecule has 0 unspecified atom stereocenters. The number of quaternary nitrogens is 1. The molecule has 13 heavy (non-hydrogen) atoms. The fraction of sp³-hybridized carbons (Fsp3) is 0.222. The van der Waals surface area contributed by atoms with Crippen LogP contribution in [0.4, 0.5) is 0 Å². The van der Waals surface area contributed by atoms with E-state index in [2.05, 4.69) is 11.3 Å². The molecule has 4 nitrogen and oxygen atoms in total. The molecule has 4 heteroatoms. The van der Waals surface area contributed by atoms with E-state index in [1.54, 1.807) is 19.1 Å². The van der Waals surface area contributed by atoms with Crippen molar-refractivity contribution < 1.29 is 20.2 Å². The Morgan fingerprint density at radius 2 is 2.23 bits per heavy atom. The van der Waals surface area contributed by atoms with E-state index in [0.717, 1.165) is 5.48 Å². The lowest BCUT2D eigenvalue weighted by molar-refractivity contribution is -0.838. The monoisotopic (exact) mass is 184 g/mol. The predicted molar refractivity (Wildman–Crippen MR) is 47.8 cm³/mol. The molecule has 0 heterocycles. The van der Waals surface area contributed by atoms with Crippen LogP contribution in [0.2, 0.25) is 0 Å². The summed E-state index contributed by atoms with van der Waals surface area (Å²) in [5.41, 5.74) is 1.92. The van der Waals surface area contributed by atoms with Crippen LogP contribution in [0.3, 0.4) is 0 Å². The third kappa shape index (κ3) is 4.25. The largest absolute Gasteiger partial charge is 0.465 e. The van der Waals surface area contributed by atoms with Crippen LogP contribution in [0.15, 0.2) is 36.1 Å². The first-order valence-corrected chi connectivity index (χ1v) is 3.72. The number of hydrogen-bond acceptors (Lipinski definition) is 3. The molecular formula is C9H14NO3+. The molecule has 0 aliphatic carbocycles. The van der Waals surface area contributed by atoms with Gasteiger partial charge in [-0.1, -0.05) is 12.7 Å². The summed E-state index contributed by atoms with van der Waals surface area (Å²) in [5.74, 6) is -0.449. The number of rotatable bonds is 4. The summed E-state index contributed by atoms with van der Waals surface area (Å²) in [6, 6.07) is 0. The maximum Gasteiger partial charge on any atom is 0.337 e. The third-order valence-corrected chi connectivity index (χ3v) is 1.45. The Labute approximate surface area is 77.2 Å². The van der Waals surface area contributed by atoms with Crippen LogP contribution in [0, 0.1) is 0 Å². The molecule has 0 aromatic heterocycles. The van der Waals surface area contributed by atoms with Gasteiger partial charge in [0.1, 0.15) is 6.20 Å². The number of hydroxylamine groups is 1. The SMILES string of the molecule is C=C(C(=O)OC)/C(C)=C\C=C/[NH2+]O. The van der Waals surface area contributed by atoms with Gasteiger partial charge in [-0.15, -0.1) is 0 Å². The minimum Gasteiger partial charge on any atom is -0.465 e. The van der Waals surface area contributed by atoms with Gasteiger partial charge in [-0.05, 0) is 18.6 Å². The van der Waals surface area contributed by atoms with E-state index in [1.807, 2.05) is 0 Å². The number of nitrogens with two attached hydrogens (primary N) is 1. The highest BCUT2D eigenvalue weighted by Gasteiger charge is 2.06. The first-order chi connectivity index (χ1) is 6.13. The van der Waals surface area contributed by atoms with E-state index in [-0.39, 0.29) is 0 Å². The first-order valence-electron chi connectivity index (χ1n) is 3.72. The minimum absolute atomic E-state index is 0.310. The van der Waals surface area contributed by atoms with Crippen molar-refractivity contribution in [2.45, 2.75) is 6.92 Å². The Morgan fingerprint density at radius 3 is 2.69 bits per heavy atom. The zero-order valence-electron chi connectivity index (χ0n) is 7.78. The Bertz CT molecular complexity index is 254. The molecule has 0 aromatic rings. The quantitative estimate of drug-likeness (QED) is 0.282. The second-order valence-electron chi connectivity index (χ2n) is 2.35. The van der Waals surface area contributed by atoms with E-state index in [9.17, 15) is 4.79 Å². The maximum absolute atomic E-state index is 10.9. The van der Waals surface area contributed by atoms with Gasteiger partial charge in [0, 0.05) is 0 Å². The molecule has 0 radical (unpaired) electrons. The van der Waals surface area contributed by atoms with Gasteiger partial charge in [-0.2, -0.15) is 5.48 Å². The van der Waals surface area contributed by atoms with E-state index >= 15 is 0 Å². The van der Waals surface area contributed by atoms with Gasteiger partial charge in [0.2, 0.25) is 0 Å². The van der Waals surface area contributed by atoms with Crippen LogP contribution in [0.5, 0.6) is 0 Å². The van der Waals surface area contributed by atoms with Gasteiger partial charge >= 0.3 is 5.97 Å². The number of carbonyl (C=O) groups is 1. The number of ether oxygens (including phenoxy) is 1. The van der Waals surface area contributed by atoms with Crippen molar-refractivity contribution in [2.24, 2.45) is 0 Å². The van der Waals surface area contributed by atoms with Crippen LogP contribution in [-0.2, 0) is 9.53 Å². The molecule has 0 saturated heterocycles. The van der Waals surface area contributed by atoms with Gasteiger partial charge in [0.15, 0.2) is 0 Å². The van der Waals surface area contributed by atoms with Crippen molar-refractivity contribution in [3.8, 4) is 0 Å². The Kier molecular flexibility index (Phi) is 5.50. The van der Waals surface area contributed by atoms with Crippen molar-refractivity contribution in [2.75, 3.05) is 7.11 Å². The molecule has 0 bridgehead atoms. The van der Waals surface area contributed by atoms with Gasteiger partial charge in [-0.25, -0.2) is 10.0 Å². The number of methoxy groups -OCH3 is 1. The average Bonchev–Trinajstić information content (AvgIpc) is 2.15.